The Morgan fingerprint density at radius 1 is 1.11 bits per heavy atom. The molecule has 2 N–H and O–H groups in total. The number of furan rings is 1. The average Bonchev–Trinajstić information content (AvgIpc) is 3.03. The summed E-state index contributed by atoms with van der Waals surface area (Å²) in [5.41, 5.74) is -0.825. The number of ether oxygens (including phenoxy) is 1. The molecule has 0 unspecified atom stereocenters. The van der Waals surface area contributed by atoms with Crippen LogP contribution in [0.15, 0.2) is 52.9 Å². The number of rotatable bonds is 4. The van der Waals surface area contributed by atoms with Crippen LogP contribution in [0, 0.1) is 0 Å². The van der Waals surface area contributed by atoms with Gasteiger partial charge in [0.2, 0.25) is 5.88 Å². The number of nitrogens with one attached hydrogen (secondary N) is 1. The van der Waals surface area contributed by atoms with Gasteiger partial charge in [-0.1, -0.05) is 30.3 Å². The van der Waals surface area contributed by atoms with Crippen molar-refractivity contribution < 1.29 is 32.2 Å². The molecule has 0 fully saturated rings. The summed E-state index contributed by atoms with van der Waals surface area (Å²) in [6.45, 7) is 0. The van der Waals surface area contributed by atoms with Crippen LogP contribution in [-0.2, 0) is 10.9 Å². The Balaban J connectivity index is 2.26. The first-order valence-corrected chi connectivity index (χ1v) is 8.16. The minimum absolute atomic E-state index is 0.0117. The molecule has 2 aromatic carbocycles. The van der Waals surface area contributed by atoms with E-state index in [0.717, 1.165) is 13.2 Å². The number of hydrogen-bond donors (Lipinski definition) is 2. The van der Waals surface area contributed by atoms with E-state index in [-0.39, 0.29) is 34.1 Å². The van der Waals surface area contributed by atoms with Crippen LogP contribution in [-0.4, -0.2) is 25.2 Å². The lowest BCUT2D eigenvalue weighted by Gasteiger charge is -2.12. The number of carbonyl (C=O) groups is 1. The van der Waals surface area contributed by atoms with E-state index >= 15 is 0 Å². The predicted octanol–water partition coefficient (Wildman–Crippen LogP) is 5.17. The molecule has 8 heteroatoms. The predicted molar refractivity (Wildman–Crippen MR) is 97.1 cm³/mol. The molecule has 1 aromatic heterocycles. The fraction of sp³-hybridized carbons (Fsp3) is 0.150. The van der Waals surface area contributed by atoms with Crippen LogP contribution in [0.2, 0.25) is 0 Å². The van der Waals surface area contributed by atoms with E-state index in [9.17, 15) is 23.1 Å². The molecule has 0 aliphatic rings. The maximum Gasteiger partial charge on any atom is 0.416 e. The van der Waals surface area contributed by atoms with E-state index in [2.05, 4.69) is 10.1 Å². The molecule has 0 spiro atoms. The SMILES string of the molecule is CNc1oc(-c2ccccc2)c(O)c1-c1cc(C(=O)OC)cc(C(F)(F)F)c1. The van der Waals surface area contributed by atoms with E-state index in [1.165, 1.54) is 13.1 Å². The maximum atomic E-state index is 13.3. The zero-order valence-corrected chi connectivity index (χ0v) is 14.9. The van der Waals surface area contributed by atoms with Crippen LogP contribution in [0.3, 0.4) is 0 Å². The topological polar surface area (TPSA) is 71.7 Å². The molecule has 0 amide bonds. The number of methoxy groups -OCH3 is 1. The third kappa shape index (κ3) is 3.53. The van der Waals surface area contributed by atoms with Crippen LogP contribution >= 0.6 is 0 Å². The van der Waals surface area contributed by atoms with Crippen LogP contribution in [0.5, 0.6) is 5.75 Å². The number of alkyl halides is 3. The molecule has 5 nitrogen and oxygen atoms in total. The van der Waals surface area contributed by atoms with Crippen molar-refractivity contribution in [3.8, 4) is 28.2 Å². The van der Waals surface area contributed by atoms with Crippen molar-refractivity contribution in [1.82, 2.24) is 0 Å². The van der Waals surface area contributed by atoms with E-state index in [4.69, 9.17) is 4.42 Å². The molecule has 3 rings (SSSR count). The minimum atomic E-state index is -4.69. The van der Waals surface area contributed by atoms with Gasteiger partial charge < -0.3 is 19.6 Å². The van der Waals surface area contributed by atoms with Gasteiger partial charge in [0.1, 0.15) is 0 Å². The van der Waals surface area contributed by atoms with Gasteiger partial charge in [-0.25, -0.2) is 4.79 Å². The molecular formula is C20H16F3NO4. The molecule has 0 aliphatic heterocycles. The van der Waals surface area contributed by atoms with Crippen molar-refractivity contribution in [1.29, 1.82) is 0 Å². The van der Waals surface area contributed by atoms with Gasteiger partial charge in [-0.2, -0.15) is 13.2 Å². The monoisotopic (exact) mass is 391 g/mol. The molecule has 1 heterocycles. The van der Waals surface area contributed by atoms with E-state index in [0.29, 0.717) is 11.6 Å². The third-order valence-electron chi connectivity index (χ3n) is 4.12. The number of hydrogen-bond acceptors (Lipinski definition) is 5. The van der Waals surface area contributed by atoms with Crippen molar-refractivity contribution in [3.63, 3.8) is 0 Å². The largest absolute Gasteiger partial charge is 0.504 e. The Labute approximate surface area is 158 Å². The molecule has 3 aromatic rings. The summed E-state index contributed by atoms with van der Waals surface area (Å²) < 4.78 is 50.2. The Bertz CT molecular complexity index is 1010. The number of esters is 1. The molecule has 0 atom stereocenters. The van der Waals surface area contributed by atoms with Crippen molar-refractivity contribution in [2.45, 2.75) is 6.18 Å². The van der Waals surface area contributed by atoms with Crippen molar-refractivity contribution >= 4 is 11.9 Å². The van der Waals surface area contributed by atoms with Gasteiger partial charge in [0.25, 0.3) is 0 Å². The minimum Gasteiger partial charge on any atom is -0.504 e. The van der Waals surface area contributed by atoms with E-state index < -0.39 is 17.7 Å². The second-order valence-corrected chi connectivity index (χ2v) is 5.89. The number of aromatic hydroxyl groups is 1. The first-order valence-electron chi connectivity index (χ1n) is 8.16. The standard InChI is InChI=1S/C20H16F3NO4/c1-24-18-15(16(25)17(28-18)11-6-4-3-5-7-11)12-8-13(19(26)27-2)10-14(9-12)20(21,22)23/h3-10,24-25H,1-2H3. The van der Waals surface area contributed by atoms with Crippen molar-refractivity contribution in [3.05, 3.63) is 59.7 Å². The van der Waals surface area contributed by atoms with Crippen molar-refractivity contribution in [2.75, 3.05) is 19.5 Å². The molecular weight excluding hydrogens is 375 g/mol. The molecule has 0 saturated heterocycles. The summed E-state index contributed by atoms with van der Waals surface area (Å²) in [5, 5.41) is 13.4. The van der Waals surface area contributed by atoms with E-state index in [1.807, 2.05) is 0 Å². The lowest BCUT2D eigenvalue weighted by molar-refractivity contribution is -0.137. The van der Waals surface area contributed by atoms with Crippen molar-refractivity contribution in [2.24, 2.45) is 0 Å². The summed E-state index contributed by atoms with van der Waals surface area (Å²) in [4.78, 5) is 11.9. The highest BCUT2D eigenvalue weighted by Crippen LogP contribution is 2.47. The molecule has 146 valence electrons. The lowest BCUT2D eigenvalue weighted by atomic mass is 9.99. The normalized spacial score (nSPS) is 11.3. The Hall–Kier alpha value is -3.42. The van der Waals surface area contributed by atoms with Crippen LogP contribution in [0.4, 0.5) is 19.1 Å². The third-order valence-corrected chi connectivity index (χ3v) is 4.12. The second-order valence-electron chi connectivity index (χ2n) is 5.89. The highest BCUT2D eigenvalue weighted by molar-refractivity contribution is 5.94. The van der Waals surface area contributed by atoms with Crippen LogP contribution in [0.25, 0.3) is 22.5 Å². The smallest absolute Gasteiger partial charge is 0.416 e. The van der Waals surface area contributed by atoms with Gasteiger partial charge in [0, 0.05) is 12.6 Å². The van der Waals surface area contributed by atoms with Crippen LogP contribution in [0.1, 0.15) is 15.9 Å². The quantitative estimate of drug-likeness (QED) is 0.601. The van der Waals surface area contributed by atoms with Gasteiger partial charge in [-0.05, 0) is 23.8 Å². The molecule has 0 bridgehead atoms. The molecule has 0 aliphatic carbocycles. The summed E-state index contributed by atoms with van der Waals surface area (Å²) in [6, 6.07) is 11.4. The Morgan fingerprint density at radius 2 is 1.79 bits per heavy atom. The Kier molecular flexibility index (Phi) is 5.04. The molecule has 28 heavy (non-hydrogen) atoms. The number of anilines is 1. The zero-order chi connectivity index (χ0) is 20.5. The number of benzene rings is 2. The lowest BCUT2D eigenvalue weighted by Crippen LogP contribution is -2.09. The summed E-state index contributed by atoms with van der Waals surface area (Å²) >= 11 is 0. The first kappa shape index (κ1) is 19.3. The first-order chi connectivity index (χ1) is 13.3. The highest BCUT2D eigenvalue weighted by atomic mass is 19.4. The summed E-state index contributed by atoms with van der Waals surface area (Å²) in [7, 11) is 2.58. The summed E-state index contributed by atoms with van der Waals surface area (Å²) in [5.74, 6) is -1.11. The Morgan fingerprint density at radius 3 is 2.36 bits per heavy atom. The fourth-order valence-electron chi connectivity index (χ4n) is 2.82. The number of carbonyl (C=O) groups excluding carboxylic acids is 1. The van der Waals surface area contributed by atoms with Crippen LogP contribution < -0.4 is 5.32 Å². The zero-order valence-electron chi connectivity index (χ0n) is 14.9. The van der Waals surface area contributed by atoms with Gasteiger partial charge in [-0.15, -0.1) is 0 Å². The average molecular weight is 391 g/mol. The maximum absolute atomic E-state index is 13.3. The van der Waals surface area contributed by atoms with E-state index in [1.54, 1.807) is 30.3 Å². The van der Waals surface area contributed by atoms with Gasteiger partial charge in [0.05, 0.1) is 23.8 Å². The number of halogens is 3. The summed E-state index contributed by atoms with van der Waals surface area (Å²) in [6.07, 6.45) is -4.69. The molecule has 0 radical (unpaired) electrons. The second kappa shape index (κ2) is 7.30. The van der Waals surface area contributed by atoms with Gasteiger partial charge >= 0.3 is 12.1 Å². The van der Waals surface area contributed by atoms with Gasteiger partial charge in [0.15, 0.2) is 11.5 Å². The highest BCUT2D eigenvalue weighted by Gasteiger charge is 2.33. The fourth-order valence-corrected chi connectivity index (χ4v) is 2.82. The molecule has 0 saturated carbocycles. The van der Waals surface area contributed by atoms with Gasteiger partial charge in [-0.3, -0.25) is 0 Å².